The van der Waals surface area contributed by atoms with Gasteiger partial charge in [-0.3, -0.25) is 9.89 Å². The Balaban J connectivity index is 0.00000192. The highest BCUT2D eigenvalue weighted by molar-refractivity contribution is 6.31. The number of aromatic nitrogens is 2. The number of carbonyl (C=O) groups is 1. The van der Waals surface area contributed by atoms with E-state index in [0.717, 1.165) is 24.2 Å². The molecule has 1 aliphatic rings. The molecule has 0 saturated heterocycles. The molecule has 1 amide bonds. The van der Waals surface area contributed by atoms with Crippen molar-refractivity contribution in [2.45, 2.75) is 25.9 Å². The zero-order chi connectivity index (χ0) is 15.7. The number of carbonyl (C=O) groups excluding carboxylic acids is 1. The summed E-state index contributed by atoms with van der Waals surface area (Å²) in [4.78, 5) is 12.4. The largest absolute Gasteiger partial charge is 0.344 e. The Morgan fingerprint density at radius 1 is 1.48 bits per heavy atom. The van der Waals surface area contributed by atoms with Crippen molar-refractivity contribution >= 4 is 29.9 Å². The van der Waals surface area contributed by atoms with Crippen molar-refractivity contribution in [3.05, 3.63) is 51.6 Å². The van der Waals surface area contributed by atoms with Crippen LogP contribution in [-0.2, 0) is 13.0 Å². The third-order valence-corrected chi connectivity index (χ3v) is 4.13. The van der Waals surface area contributed by atoms with Crippen molar-refractivity contribution in [2.75, 3.05) is 6.54 Å². The van der Waals surface area contributed by atoms with Gasteiger partial charge in [-0.1, -0.05) is 17.7 Å². The van der Waals surface area contributed by atoms with Gasteiger partial charge in [-0.15, -0.1) is 12.4 Å². The van der Waals surface area contributed by atoms with Crippen LogP contribution in [0.5, 0.6) is 0 Å². The molecule has 23 heavy (non-hydrogen) atoms. The smallest absolute Gasteiger partial charge is 0.272 e. The molecule has 3 rings (SSSR count). The minimum absolute atomic E-state index is 0. The van der Waals surface area contributed by atoms with Crippen LogP contribution in [-0.4, -0.2) is 22.6 Å². The lowest BCUT2D eigenvalue weighted by Crippen LogP contribution is -2.30. The van der Waals surface area contributed by atoms with E-state index in [-0.39, 0.29) is 23.9 Å². The standard InChI is InChI=1S/C15H16ClFN4O.ClH/c1-8(13-10(16)3-2-4-11(13)17)19-15(22)14-9-7-18-6-5-12(9)20-21-14;/h2-4,8,18H,5-7H2,1H3,(H,19,22)(H,20,21);1H. The molecule has 1 aliphatic heterocycles. The van der Waals surface area contributed by atoms with Crippen LogP contribution >= 0.6 is 24.0 Å². The summed E-state index contributed by atoms with van der Waals surface area (Å²) in [5, 5.41) is 13.2. The van der Waals surface area contributed by atoms with E-state index in [4.69, 9.17) is 11.6 Å². The number of benzene rings is 1. The number of nitrogens with zero attached hydrogens (tertiary/aromatic N) is 1. The molecule has 2 heterocycles. The lowest BCUT2D eigenvalue weighted by molar-refractivity contribution is 0.0933. The maximum absolute atomic E-state index is 13.9. The van der Waals surface area contributed by atoms with Crippen molar-refractivity contribution in [3.63, 3.8) is 0 Å². The summed E-state index contributed by atoms with van der Waals surface area (Å²) in [5.41, 5.74) is 2.47. The van der Waals surface area contributed by atoms with Gasteiger partial charge in [0.1, 0.15) is 5.82 Å². The van der Waals surface area contributed by atoms with Crippen LogP contribution in [0.25, 0.3) is 0 Å². The fourth-order valence-corrected chi connectivity index (χ4v) is 3.00. The first-order chi connectivity index (χ1) is 10.6. The molecule has 0 aliphatic carbocycles. The van der Waals surface area contributed by atoms with Crippen LogP contribution in [0.4, 0.5) is 4.39 Å². The van der Waals surface area contributed by atoms with E-state index in [2.05, 4.69) is 20.8 Å². The molecule has 1 atom stereocenters. The maximum Gasteiger partial charge on any atom is 0.272 e. The highest BCUT2D eigenvalue weighted by atomic mass is 35.5. The Bertz CT molecular complexity index is 699. The van der Waals surface area contributed by atoms with Gasteiger partial charge in [-0.2, -0.15) is 5.10 Å². The van der Waals surface area contributed by atoms with Crippen LogP contribution in [0.15, 0.2) is 18.2 Å². The van der Waals surface area contributed by atoms with E-state index in [1.807, 2.05) is 0 Å². The fraction of sp³-hybridized carbons (Fsp3) is 0.333. The highest BCUT2D eigenvalue weighted by Crippen LogP contribution is 2.26. The predicted octanol–water partition coefficient (Wildman–Crippen LogP) is 2.76. The van der Waals surface area contributed by atoms with E-state index >= 15 is 0 Å². The summed E-state index contributed by atoms with van der Waals surface area (Å²) in [6.45, 7) is 3.15. The monoisotopic (exact) mass is 358 g/mol. The second-order valence-electron chi connectivity index (χ2n) is 5.29. The molecule has 0 spiro atoms. The Labute approximate surface area is 144 Å². The van der Waals surface area contributed by atoms with Gasteiger partial charge in [0, 0.05) is 41.4 Å². The summed E-state index contributed by atoms with van der Waals surface area (Å²) in [6.07, 6.45) is 0.810. The zero-order valence-electron chi connectivity index (χ0n) is 12.5. The lowest BCUT2D eigenvalue weighted by Gasteiger charge is -2.17. The number of H-pyrrole nitrogens is 1. The normalized spacial score (nSPS) is 14.6. The average molecular weight is 359 g/mol. The summed E-state index contributed by atoms with van der Waals surface area (Å²) < 4.78 is 13.9. The molecule has 0 saturated carbocycles. The molecule has 1 unspecified atom stereocenters. The van der Waals surface area contributed by atoms with Crippen LogP contribution in [0, 0.1) is 5.82 Å². The van der Waals surface area contributed by atoms with E-state index in [0.29, 0.717) is 17.3 Å². The number of fused-ring (bicyclic) bond motifs is 1. The minimum Gasteiger partial charge on any atom is -0.344 e. The topological polar surface area (TPSA) is 69.8 Å². The first-order valence-electron chi connectivity index (χ1n) is 7.09. The third kappa shape index (κ3) is 3.49. The fourth-order valence-electron chi connectivity index (χ4n) is 2.67. The summed E-state index contributed by atoms with van der Waals surface area (Å²) in [6, 6.07) is 3.91. The number of hydrogen-bond donors (Lipinski definition) is 3. The number of nitrogens with one attached hydrogen (secondary N) is 3. The molecule has 0 fully saturated rings. The minimum atomic E-state index is -0.551. The van der Waals surface area contributed by atoms with Crippen molar-refractivity contribution < 1.29 is 9.18 Å². The summed E-state index contributed by atoms with van der Waals surface area (Å²) >= 11 is 6.02. The molecule has 124 valence electrons. The van der Waals surface area contributed by atoms with Gasteiger partial charge in [-0.25, -0.2) is 4.39 Å². The van der Waals surface area contributed by atoms with Crippen molar-refractivity contribution in [2.24, 2.45) is 0 Å². The number of halogens is 3. The van der Waals surface area contributed by atoms with Gasteiger partial charge in [0.25, 0.3) is 5.91 Å². The van der Waals surface area contributed by atoms with Gasteiger partial charge in [0.15, 0.2) is 5.69 Å². The molecule has 5 nitrogen and oxygen atoms in total. The van der Waals surface area contributed by atoms with Gasteiger partial charge in [0.2, 0.25) is 0 Å². The average Bonchev–Trinajstić information content (AvgIpc) is 2.91. The Morgan fingerprint density at radius 2 is 2.26 bits per heavy atom. The van der Waals surface area contributed by atoms with Crippen LogP contribution in [0.3, 0.4) is 0 Å². The highest BCUT2D eigenvalue weighted by Gasteiger charge is 2.24. The number of aromatic amines is 1. The van der Waals surface area contributed by atoms with Crippen LogP contribution in [0.1, 0.15) is 40.3 Å². The van der Waals surface area contributed by atoms with Crippen molar-refractivity contribution in [3.8, 4) is 0 Å². The van der Waals surface area contributed by atoms with Crippen LogP contribution < -0.4 is 10.6 Å². The Morgan fingerprint density at radius 3 is 3.00 bits per heavy atom. The molecule has 3 N–H and O–H groups in total. The molecule has 1 aromatic heterocycles. The molecular weight excluding hydrogens is 342 g/mol. The zero-order valence-corrected chi connectivity index (χ0v) is 14.0. The van der Waals surface area contributed by atoms with E-state index in [1.54, 1.807) is 13.0 Å². The van der Waals surface area contributed by atoms with E-state index < -0.39 is 11.9 Å². The van der Waals surface area contributed by atoms with Gasteiger partial charge in [0.05, 0.1) is 6.04 Å². The SMILES string of the molecule is CC(NC(=O)c1n[nH]c2c1CNCC2)c1c(F)cccc1Cl.Cl. The van der Waals surface area contributed by atoms with Crippen molar-refractivity contribution in [1.29, 1.82) is 0 Å². The van der Waals surface area contributed by atoms with Crippen LogP contribution in [0.2, 0.25) is 5.02 Å². The molecule has 0 radical (unpaired) electrons. The lowest BCUT2D eigenvalue weighted by atomic mass is 10.1. The molecular formula is C15H17Cl2FN4O. The van der Waals surface area contributed by atoms with Crippen molar-refractivity contribution in [1.82, 2.24) is 20.8 Å². The van der Waals surface area contributed by atoms with Gasteiger partial charge >= 0.3 is 0 Å². The number of hydrogen-bond acceptors (Lipinski definition) is 3. The van der Waals surface area contributed by atoms with Gasteiger partial charge < -0.3 is 10.6 Å². The second kappa shape index (κ2) is 7.29. The third-order valence-electron chi connectivity index (χ3n) is 3.80. The van der Waals surface area contributed by atoms with E-state index in [9.17, 15) is 9.18 Å². The molecule has 8 heteroatoms. The maximum atomic E-state index is 13.9. The number of rotatable bonds is 3. The first kappa shape index (κ1) is 17.7. The van der Waals surface area contributed by atoms with E-state index in [1.165, 1.54) is 12.1 Å². The number of amides is 1. The Kier molecular flexibility index (Phi) is 5.62. The molecule has 0 bridgehead atoms. The quantitative estimate of drug-likeness (QED) is 0.789. The predicted molar refractivity (Wildman–Crippen MR) is 88.5 cm³/mol. The Hall–Kier alpha value is -1.63. The first-order valence-corrected chi connectivity index (χ1v) is 7.47. The summed E-state index contributed by atoms with van der Waals surface area (Å²) in [5.74, 6) is -0.779. The summed E-state index contributed by atoms with van der Waals surface area (Å²) in [7, 11) is 0. The second-order valence-corrected chi connectivity index (χ2v) is 5.69. The molecule has 1 aromatic carbocycles. The van der Waals surface area contributed by atoms with Gasteiger partial charge in [-0.05, 0) is 19.1 Å². The molecule has 2 aromatic rings.